The van der Waals surface area contributed by atoms with Crippen molar-refractivity contribution in [3.8, 4) is 11.4 Å². The number of nitrogen functional groups attached to an aromatic ring is 1. The number of anilines is 1. The van der Waals surface area contributed by atoms with Gasteiger partial charge in [0.25, 0.3) is 0 Å². The normalized spacial score (nSPS) is 10.6. The molecule has 0 aliphatic carbocycles. The summed E-state index contributed by atoms with van der Waals surface area (Å²) >= 11 is 0. The Morgan fingerprint density at radius 2 is 2.00 bits per heavy atom. The second-order valence-corrected chi connectivity index (χ2v) is 4.45. The third-order valence-electron chi connectivity index (χ3n) is 2.64. The zero-order valence-corrected chi connectivity index (χ0v) is 11.1. The molecule has 4 heteroatoms. The van der Waals surface area contributed by atoms with E-state index in [2.05, 4.69) is 12.0 Å². The number of nitrogens with two attached hydrogens (primary N) is 1. The van der Waals surface area contributed by atoms with Crippen LogP contribution in [0.4, 0.5) is 5.69 Å². The molecule has 0 aliphatic heterocycles. The molecule has 2 rings (SSSR count). The van der Waals surface area contributed by atoms with E-state index in [0.717, 1.165) is 29.2 Å². The lowest BCUT2D eigenvalue weighted by Crippen LogP contribution is -2.02. The Morgan fingerprint density at radius 3 is 2.61 bits per heavy atom. The minimum atomic E-state index is 0.686. The van der Waals surface area contributed by atoms with E-state index in [1.54, 1.807) is 0 Å². The van der Waals surface area contributed by atoms with E-state index in [9.17, 15) is 0 Å². The Morgan fingerprint density at radius 1 is 1.22 bits per heavy atom. The molecule has 1 aromatic carbocycles. The molecule has 2 aromatic rings. The van der Waals surface area contributed by atoms with Crippen molar-refractivity contribution in [2.24, 2.45) is 0 Å². The van der Waals surface area contributed by atoms with Gasteiger partial charge in [-0.05, 0) is 32.4 Å². The van der Waals surface area contributed by atoms with E-state index in [4.69, 9.17) is 10.5 Å². The van der Waals surface area contributed by atoms with E-state index in [0.29, 0.717) is 12.3 Å². The molecule has 18 heavy (non-hydrogen) atoms. The van der Waals surface area contributed by atoms with E-state index in [1.807, 2.05) is 42.8 Å². The summed E-state index contributed by atoms with van der Waals surface area (Å²) in [4.78, 5) is 0. The zero-order chi connectivity index (χ0) is 13.1. The van der Waals surface area contributed by atoms with Crippen molar-refractivity contribution >= 4 is 5.69 Å². The first-order valence-electron chi connectivity index (χ1n) is 6.17. The van der Waals surface area contributed by atoms with Crippen molar-refractivity contribution in [2.75, 3.05) is 12.3 Å². The van der Waals surface area contributed by atoms with Crippen molar-refractivity contribution < 1.29 is 4.74 Å². The topological polar surface area (TPSA) is 53.1 Å². The van der Waals surface area contributed by atoms with Crippen LogP contribution in [0.2, 0.25) is 0 Å². The molecule has 1 aromatic heterocycles. The summed E-state index contributed by atoms with van der Waals surface area (Å²) in [6.07, 6.45) is 0.976. The highest BCUT2D eigenvalue weighted by Gasteiger charge is 2.06. The van der Waals surface area contributed by atoms with Gasteiger partial charge >= 0.3 is 0 Å². The number of ether oxygens (including phenoxy) is 1. The van der Waals surface area contributed by atoms with Crippen LogP contribution in [0.5, 0.6) is 5.75 Å². The summed E-state index contributed by atoms with van der Waals surface area (Å²) in [7, 11) is 0. The fraction of sp³-hybridized carbons (Fsp3) is 0.357. The van der Waals surface area contributed by atoms with Crippen LogP contribution < -0.4 is 10.5 Å². The van der Waals surface area contributed by atoms with Gasteiger partial charge in [-0.1, -0.05) is 6.92 Å². The Bertz CT molecular complexity index is 546. The molecule has 4 nitrogen and oxygen atoms in total. The lowest BCUT2D eigenvalue weighted by molar-refractivity contribution is 0.317. The molecule has 0 saturated heterocycles. The van der Waals surface area contributed by atoms with Crippen LogP contribution in [-0.2, 0) is 0 Å². The number of aryl methyl sites for hydroxylation is 2. The molecule has 0 atom stereocenters. The third kappa shape index (κ3) is 2.64. The first kappa shape index (κ1) is 12.5. The van der Waals surface area contributed by atoms with Gasteiger partial charge in [0.15, 0.2) is 0 Å². The Hall–Kier alpha value is -1.97. The summed E-state index contributed by atoms with van der Waals surface area (Å²) in [5, 5.41) is 4.45. The van der Waals surface area contributed by atoms with Crippen LogP contribution in [0.3, 0.4) is 0 Å². The molecule has 1 heterocycles. The molecule has 0 radical (unpaired) electrons. The standard InChI is InChI=1S/C14H19N3O/c1-4-5-18-14-8-12(15)7-13(9-14)17-11(3)6-10(2)16-17/h6-9H,4-5,15H2,1-3H3. The maximum Gasteiger partial charge on any atom is 0.123 e. The SMILES string of the molecule is CCCOc1cc(N)cc(-n2nc(C)cc2C)c1. The second-order valence-electron chi connectivity index (χ2n) is 4.45. The Kier molecular flexibility index (Phi) is 3.55. The molecule has 0 aliphatic rings. The van der Waals surface area contributed by atoms with Gasteiger partial charge in [-0.25, -0.2) is 4.68 Å². The first-order chi connectivity index (χ1) is 8.60. The Balaban J connectivity index is 2.38. The average molecular weight is 245 g/mol. The molecule has 96 valence electrons. The summed E-state index contributed by atoms with van der Waals surface area (Å²) in [5.74, 6) is 0.791. The number of aromatic nitrogens is 2. The highest BCUT2D eigenvalue weighted by molar-refractivity contribution is 5.53. The minimum Gasteiger partial charge on any atom is -0.493 e. The summed E-state index contributed by atoms with van der Waals surface area (Å²) < 4.78 is 7.50. The molecule has 0 amide bonds. The highest BCUT2D eigenvalue weighted by Crippen LogP contribution is 2.23. The van der Waals surface area contributed by atoms with Crippen LogP contribution in [-0.4, -0.2) is 16.4 Å². The molecule has 2 N–H and O–H groups in total. The molecule has 0 saturated carbocycles. The van der Waals surface area contributed by atoms with Crippen LogP contribution in [0.25, 0.3) is 5.69 Å². The van der Waals surface area contributed by atoms with Crippen molar-refractivity contribution in [2.45, 2.75) is 27.2 Å². The van der Waals surface area contributed by atoms with Gasteiger partial charge in [0.05, 0.1) is 18.0 Å². The van der Waals surface area contributed by atoms with Crippen molar-refractivity contribution in [1.29, 1.82) is 0 Å². The van der Waals surface area contributed by atoms with Gasteiger partial charge in [0, 0.05) is 23.5 Å². The predicted octanol–water partition coefficient (Wildman–Crippen LogP) is 2.86. The van der Waals surface area contributed by atoms with Crippen LogP contribution >= 0.6 is 0 Å². The number of benzene rings is 1. The third-order valence-corrected chi connectivity index (χ3v) is 2.64. The lowest BCUT2D eigenvalue weighted by atomic mass is 10.2. The van der Waals surface area contributed by atoms with E-state index < -0.39 is 0 Å². The Labute approximate surface area is 107 Å². The number of hydrogen-bond acceptors (Lipinski definition) is 3. The van der Waals surface area contributed by atoms with Gasteiger partial charge in [-0.2, -0.15) is 5.10 Å². The maximum atomic E-state index is 5.90. The monoisotopic (exact) mass is 245 g/mol. The highest BCUT2D eigenvalue weighted by atomic mass is 16.5. The predicted molar refractivity (Wildman–Crippen MR) is 73.2 cm³/mol. The molecule has 0 fully saturated rings. The maximum absolute atomic E-state index is 5.90. The van der Waals surface area contributed by atoms with Crippen LogP contribution in [0.1, 0.15) is 24.7 Å². The van der Waals surface area contributed by atoms with Gasteiger partial charge in [-0.15, -0.1) is 0 Å². The van der Waals surface area contributed by atoms with Gasteiger partial charge in [0.1, 0.15) is 5.75 Å². The van der Waals surface area contributed by atoms with Crippen LogP contribution in [0.15, 0.2) is 24.3 Å². The van der Waals surface area contributed by atoms with Gasteiger partial charge in [-0.3, -0.25) is 0 Å². The number of rotatable bonds is 4. The largest absolute Gasteiger partial charge is 0.493 e. The summed E-state index contributed by atoms with van der Waals surface area (Å²) in [5.41, 5.74) is 9.60. The minimum absolute atomic E-state index is 0.686. The van der Waals surface area contributed by atoms with Crippen molar-refractivity contribution in [3.63, 3.8) is 0 Å². The molecular formula is C14H19N3O. The molecule has 0 bridgehead atoms. The zero-order valence-electron chi connectivity index (χ0n) is 11.1. The molecular weight excluding hydrogens is 226 g/mol. The first-order valence-corrected chi connectivity index (χ1v) is 6.17. The quantitative estimate of drug-likeness (QED) is 0.843. The van der Waals surface area contributed by atoms with E-state index in [1.165, 1.54) is 0 Å². The van der Waals surface area contributed by atoms with Gasteiger partial charge < -0.3 is 10.5 Å². The van der Waals surface area contributed by atoms with Crippen LogP contribution in [0, 0.1) is 13.8 Å². The average Bonchev–Trinajstić information content (AvgIpc) is 2.65. The number of nitrogens with zero attached hydrogens (tertiary/aromatic N) is 2. The molecule has 0 spiro atoms. The lowest BCUT2D eigenvalue weighted by Gasteiger charge is -2.10. The number of hydrogen-bond donors (Lipinski definition) is 1. The molecule has 0 unspecified atom stereocenters. The fourth-order valence-corrected chi connectivity index (χ4v) is 1.92. The second kappa shape index (κ2) is 5.12. The smallest absolute Gasteiger partial charge is 0.123 e. The fourth-order valence-electron chi connectivity index (χ4n) is 1.92. The van der Waals surface area contributed by atoms with E-state index >= 15 is 0 Å². The summed E-state index contributed by atoms with van der Waals surface area (Å²) in [6, 6.07) is 7.74. The van der Waals surface area contributed by atoms with Crippen molar-refractivity contribution in [1.82, 2.24) is 9.78 Å². The van der Waals surface area contributed by atoms with E-state index in [-0.39, 0.29) is 0 Å². The van der Waals surface area contributed by atoms with Crippen molar-refractivity contribution in [3.05, 3.63) is 35.7 Å². The van der Waals surface area contributed by atoms with Gasteiger partial charge in [0.2, 0.25) is 0 Å². The summed E-state index contributed by atoms with van der Waals surface area (Å²) in [6.45, 7) is 6.77.